The summed E-state index contributed by atoms with van der Waals surface area (Å²) in [6, 6.07) is 20.5. The first-order valence-electron chi connectivity index (χ1n) is 10.8. The van der Waals surface area contributed by atoms with Gasteiger partial charge in [-0.2, -0.15) is 0 Å². The SMILES string of the molecule is CO[C@@H]1O[C@H](COc2ccccc2)[C@@H](O)[C@H](O)[C@H]1Oc1ccc2c(c1)S(=O)(=O)c1ccccc1-2. The van der Waals surface area contributed by atoms with E-state index in [-0.39, 0.29) is 22.1 Å². The quantitative estimate of drug-likeness (QED) is 0.429. The summed E-state index contributed by atoms with van der Waals surface area (Å²) in [5, 5.41) is 21.4. The molecular weight excluding hydrogens is 460 g/mol. The Labute approximate surface area is 197 Å². The van der Waals surface area contributed by atoms with E-state index in [1.807, 2.05) is 18.2 Å². The van der Waals surface area contributed by atoms with E-state index in [0.29, 0.717) is 16.9 Å². The third kappa shape index (κ3) is 3.95. The summed E-state index contributed by atoms with van der Waals surface area (Å²) in [7, 11) is -2.29. The van der Waals surface area contributed by atoms with Gasteiger partial charge in [-0.15, -0.1) is 0 Å². The Hall–Kier alpha value is -2.95. The van der Waals surface area contributed by atoms with Crippen LogP contribution in [0.2, 0.25) is 0 Å². The van der Waals surface area contributed by atoms with Crippen molar-refractivity contribution in [3.63, 3.8) is 0 Å². The van der Waals surface area contributed by atoms with E-state index in [2.05, 4.69) is 0 Å². The van der Waals surface area contributed by atoms with Gasteiger partial charge >= 0.3 is 0 Å². The van der Waals surface area contributed by atoms with E-state index in [4.69, 9.17) is 18.9 Å². The second kappa shape index (κ2) is 9.01. The normalized spacial score (nSPS) is 27.0. The standard InChI is InChI=1S/C25H24O8S/c1-30-25-24(23(27)22(26)19(33-25)14-31-15-7-3-2-4-8-15)32-16-11-12-18-17-9-5-6-10-20(17)34(28,29)21(18)13-16/h2-13,19,22-27H,14H2,1H3/t19-,22-,23+,24-,25-/m1/s1. The number of hydrogen-bond donors (Lipinski definition) is 2. The van der Waals surface area contributed by atoms with Crippen LogP contribution in [0.15, 0.2) is 82.6 Å². The van der Waals surface area contributed by atoms with E-state index in [1.165, 1.54) is 13.2 Å². The van der Waals surface area contributed by atoms with Gasteiger partial charge in [0.2, 0.25) is 9.84 Å². The minimum atomic E-state index is -3.69. The number of hydrogen-bond acceptors (Lipinski definition) is 8. The predicted molar refractivity (Wildman–Crippen MR) is 121 cm³/mol. The summed E-state index contributed by atoms with van der Waals surface area (Å²) < 4.78 is 48.7. The largest absolute Gasteiger partial charge is 0.491 e. The molecule has 9 heteroatoms. The fourth-order valence-corrected chi connectivity index (χ4v) is 5.97. The predicted octanol–water partition coefficient (Wildman–Crippen LogP) is 2.42. The number of aliphatic hydroxyl groups excluding tert-OH is 2. The Morgan fingerprint density at radius 3 is 2.32 bits per heavy atom. The van der Waals surface area contributed by atoms with E-state index < -0.39 is 40.5 Å². The summed E-state index contributed by atoms with van der Waals surface area (Å²) in [4.78, 5) is 0.371. The molecule has 34 heavy (non-hydrogen) atoms. The highest BCUT2D eigenvalue weighted by Crippen LogP contribution is 2.44. The Bertz CT molecular complexity index is 1280. The Morgan fingerprint density at radius 1 is 0.853 bits per heavy atom. The molecule has 2 aliphatic rings. The van der Waals surface area contributed by atoms with Gasteiger partial charge in [0.1, 0.15) is 36.4 Å². The first-order valence-corrected chi connectivity index (χ1v) is 12.3. The van der Waals surface area contributed by atoms with Crippen molar-refractivity contribution in [2.75, 3.05) is 13.7 Å². The molecule has 1 saturated heterocycles. The lowest BCUT2D eigenvalue weighted by molar-refractivity contribution is -0.287. The zero-order valence-electron chi connectivity index (χ0n) is 18.3. The van der Waals surface area contributed by atoms with Crippen molar-refractivity contribution in [2.45, 2.75) is 40.5 Å². The Kier molecular flexibility index (Phi) is 6.05. The maximum Gasteiger partial charge on any atom is 0.207 e. The van der Waals surface area contributed by atoms with Crippen LogP contribution in [0.5, 0.6) is 11.5 Å². The molecule has 5 rings (SSSR count). The highest BCUT2D eigenvalue weighted by atomic mass is 32.2. The number of aliphatic hydroxyl groups is 2. The van der Waals surface area contributed by atoms with Gasteiger partial charge in [0, 0.05) is 18.2 Å². The summed E-state index contributed by atoms with van der Waals surface area (Å²) in [6.07, 6.45) is -5.68. The number of rotatable bonds is 6. The van der Waals surface area contributed by atoms with Crippen LogP contribution in [0, 0.1) is 0 Å². The number of sulfone groups is 1. The summed E-state index contributed by atoms with van der Waals surface area (Å²) >= 11 is 0. The van der Waals surface area contributed by atoms with Crippen LogP contribution in [0.25, 0.3) is 11.1 Å². The van der Waals surface area contributed by atoms with Crippen LogP contribution in [0.3, 0.4) is 0 Å². The fraction of sp³-hybridized carbons (Fsp3) is 0.280. The first-order chi connectivity index (χ1) is 16.4. The van der Waals surface area contributed by atoms with Crippen molar-refractivity contribution < 1.29 is 37.6 Å². The van der Waals surface area contributed by atoms with E-state index >= 15 is 0 Å². The Balaban J connectivity index is 1.34. The Morgan fingerprint density at radius 2 is 1.56 bits per heavy atom. The molecular formula is C25H24O8S. The number of fused-ring (bicyclic) bond motifs is 3. The smallest absolute Gasteiger partial charge is 0.207 e. The van der Waals surface area contributed by atoms with Gasteiger partial charge in [0.25, 0.3) is 0 Å². The van der Waals surface area contributed by atoms with E-state index in [1.54, 1.807) is 48.5 Å². The lowest BCUT2D eigenvalue weighted by atomic mass is 9.99. The van der Waals surface area contributed by atoms with Crippen molar-refractivity contribution in [3.05, 3.63) is 72.8 Å². The molecule has 5 atom stereocenters. The zero-order valence-corrected chi connectivity index (χ0v) is 19.1. The van der Waals surface area contributed by atoms with E-state index in [0.717, 1.165) is 0 Å². The van der Waals surface area contributed by atoms with Crippen molar-refractivity contribution >= 4 is 9.84 Å². The van der Waals surface area contributed by atoms with Gasteiger partial charge in [-0.25, -0.2) is 8.42 Å². The molecule has 0 radical (unpaired) electrons. The number of benzene rings is 3. The summed E-state index contributed by atoms with van der Waals surface area (Å²) in [5.41, 5.74) is 1.22. The maximum atomic E-state index is 13.0. The molecule has 3 aromatic carbocycles. The van der Waals surface area contributed by atoms with Crippen LogP contribution >= 0.6 is 0 Å². The van der Waals surface area contributed by atoms with Gasteiger partial charge in [0.15, 0.2) is 12.4 Å². The second-order valence-electron chi connectivity index (χ2n) is 8.12. The fourth-order valence-electron chi connectivity index (χ4n) is 4.27. The average molecular weight is 485 g/mol. The molecule has 3 aromatic rings. The molecule has 1 fully saturated rings. The molecule has 0 spiro atoms. The molecule has 0 unspecified atom stereocenters. The van der Waals surface area contributed by atoms with Crippen LogP contribution in [0.1, 0.15) is 0 Å². The summed E-state index contributed by atoms with van der Waals surface area (Å²) in [5.74, 6) is 0.802. The van der Waals surface area contributed by atoms with Gasteiger partial charge in [-0.05, 0) is 36.4 Å². The third-order valence-electron chi connectivity index (χ3n) is 6.02. The van der Waals surface area contributed by atoms with Crippen LogP contribution in [-0.4, -0.2) is 63.1 Å². The average Bonchev–Trinajstić information content (AvgIpc) is 3.09. The van der Waals surface area contributed by atoms with Gasteiger partial charge in [-0.1, -0.05) is 36.4 Å². The number of para-hydroxylation sites is 1. The van der Waals surface area contributed by atoms with Gasteiger partial charge < -0.3 is 29.2 Å². The molecule has 0 aromatic heterocycles. The van der Waals surface area contributed by atoms with Gasteiger partial charge in [-0.3, -0.25) is 0 Å². The molecule has 0 saturated carbocycles. The summed E-state index contributed by atoms with van der Waals surface area (Å²) in [6.45, 7) is -0.00975. The third-order valence-corrected chi connectivity index (χ3v) is 7.87. The lowest BCUT2D eigenvalue weighted by Gasteiger charge is -2.41. The van der Waals surface area contributed by atoms with Crippen LogP contribution < -0.4 is 9.47 Å². The molecule has 0 aliphatic carbocycles. The van der Waals surface area contributed by atoms with Crippen molar-refractivity contribution in [1.82, 2.24) is 0 Å². The highest BCUT2D eigenvalue weighted by Gasteiger charge is 2.47. The van der Waals surface area contributed by atoms with Crippen molar-refractivity contribution in [3.8, 4) is 22.6 Å². The number of ether oxygens (including phenoxy) is 4. The van der Waals surface area contributed by atoms with Gasteiger partial charge in [0.05, 0.1) is 9.79 Å². The molecule has 2 aliphatic heterocycles. The van der Waals surface area contributed by atoms with Crippen LogP contribution in [0.4, 0.5) is 0 Å². The van der Waals surface area contributed by atoms with Crippen molar-refractivity contribution in [2.24, 2.45) is 0 Å². The second-order valence-corrected chi connectivity index (χ2v) is 10.0. The molecule has 0 bridgehead atoms. The molecule has 8 nitrogen and oxygen atoms in total. The number of methoxy groups -OCH3 is 1. The monoisotopic (exact) mass is 484 g/mol. The molecule has 2 heterocycles. The minimum absolute atomic E-state index is 0.00975. The van der Waals surface area contributed by atoms with Crippen LogP contribution in [-0.2, 0) is 19.3 Å². The highest BCUT2D eigenvalue weighted by molar-refractivity contribution is 7.92. The zero-order chi connectivity index (χ0) is 23.9. The first kappa shape index (κ1) is 22.8. The molecule has 178 valence electrons. The maximum absolute atomic E-state index is 13.0. The van der Waals surface area contributed by atoms with Crippen molar-refractivity contribution in [1.29, 1.82) is 0 Å². The lowest BCUT2D eigenvalue weighted by Crippen LogP contribution is -2.61. The van der Waals surface area contributed by atoms with E-state index in [9.17, 15) is 18.6 Å². The molecule has 0 amide bonds. The minimum Gasteiger partial charge on any atom is -0.491 e. The molecule has 2 N–H and O–H groups in total. The topological polar surface area (TPSA) is 112 Å².